The number of benzene rings is 2. The van der Waals surface area contributed by atoms with Crippen LogP contribution in [0.2, 0.25) is 0 Å². The van der Waals surface area contributed by atoms with Gasteiger partial charge in [-0.15, -0.1) is 0 Å². The molecule has 1 amide bonds. The van der Waals surface area contributed by atoms with Gasteiger partial charge in [0.15, 0.2) is 23.0 Å². The van der Waals surface area contributed by atoms with Gasteiger partial charge in [-0.25, -0.2) is 0 Å². The molecule has 1 saturated heterocycles. The zero-order chi connectivity index (χ0) is 27.0. The highest BCUT2D eigenvalue weighted by atomic mass is 16.7. The van der Waals surface area contributed by atoms with Gasteiger partial charge in [0, 0.05) is 44.6 Å². The first-order valence-corrected chi connectivity index (χ1v) is 13.0. The van der Waals surface area contributed by atoms with Gasteiger partial charge in [0.1, 0.15) is 0 Å². The summed E-state index contributed by atoms with van der Waals surface area (Å²) in [5, 5.41) is 22.1. The molecule has 2 aliphatic heterocycles. The summed E-state index contributed by atoms with van der Waals surface area (Å²) in [4.78, 5) is 18.4. The number of aliphatic hydroxyl groups excluding tert-OH is 2. The number of fused-ring (bicyclic) bond motifs is 2. The Morgan fingerprint density at radius 3 is 2.08 bits per heavy atom. The first-order valence-electron chi connectivity index (χ1n) is 13.0. The van der Waals surface area contributed by atoms with Crippen LogP contribution in [0.5, 0.6) is 28.7 Å². The summed E-state index contributed by atoms with van der Waals surface area (Å²) in [6, 6.07) is 7.28. The van der Waals surface area contributed by atoms with Crippen LogP contribution >= 0.6 is 0 Å². The molecule has 0 radical (unpaired) electrons. The lowest BCUT2D eigenvalue weighted by Gasteiger charge is -2.44. The molecule has 4 unspecified atom stereocenters. The minimum atomic E-state index is -1.06. The molecule has 38 heavy (non-hydrogen) atoms. The lowest BCUT2D eigenvalue weighted by molar-refractivity contribution is -0.143. The number of ether oxygens (including phenoxy) is 5. The molecule has 4 atom stereocenters. The van der Waals surface area contributed by atoms with E-state index in [-0.39, 0.29) is 19.3 Å². The number of hydrogen-bond donors (Lipinski definition) is 2. The summed E-state index contributed by atoms with van der Waals surface area (Å²) >= 11 is 0. The van der Waals surface area contributed by atoms with E-state index in [1.54, 1.807) is 20.3 Å². The van der Waals surface area contributed by atoms with Crippen LogP contribution in [0.3, 0.4) is 0 Å². The van der Waals surface area contributed by atoms with Crippen molar-refractivity contribution in [2.45, 2.75) is 18.9 Å². The molecule has 2 N–H and O–H groups in total. The van der Waals surface area contributed by atoms with Gasteiger partial charge in [-0.2, -0.15) is 0 Å². The zero-order valence-corrected chi connectivity index (χ0v) is 22.3. The van der Waals surface area contributed by atoms with Gasteiger partial charge in [0.05, 0.1) is 33.4 Å². The van der Waals surface area contributed by atoms with Crippen LogP contribution in [0, 0.1) is 11.8 Å². The van der Waals surface area contributed by atoms with Gasteiger partial charge < -0.3 is 43.7 Å². The van der Waals surface area contributed by atoms with E-state index in [1.807, 2.05) is 23.1 Å². The first-order chi connectivity index (χ1) is 18.4. The van der Waals surface area contributed by atoms with Gasteiger partial charge in [-0.1, -0.05) is 6.92 Å². The van der Waals surface area contributed by atoms with E-state index in [4.69, 9.17) is 23.7 Å². The third kappa shape index (κ3) is 4.40. The maximum Gasteiger partial charge on any atom is 0.231 e. The fourth-order valence-corrected chi connectivity index (χ4v) is 6.07. The Morgan fingerprint density at radius 1 is 0.947 bits per heavy atom. The molecule has 1 fully saturated rings. The second-order valence-electron chi connectivity index (χ2n) is 9.85. The highest BCUT2D eigenvalue weighted by Gasteiger charge is 2.49. The summed E-state index contributed by atoms with van der Waals surface area (Å²) in [7, 11) is 4.63. The van der Waals surface area contributed by atoms with Gasteiger partial charge >= 0.3 is 0 Å². The number of amides is 1. The lowest BCUT2D eigenvalue weighted by Crippen LogP contribution is -2.53. The minimum absolute atomic E-state index is 0.0800. The van der Waals surface area contributed by atoms with E-state index in [0.717, 1.165) is 30.8 Å². The molecule has 206 valence electrons. The maximum absolute atomic E-state index is 14.3. The monoisotopic (exact) mass is 528 g/mol. The average molecular weight is 529 g/mol. The molecule has 1 aliphatic carbocycles. The largest absolute Gasteiger partial charge is 0.493 e. The lowest BCUT2D eigenvalue weighted by atomic mass is 9.64. The number of piperazine rings is 1. The van der Waals surface area contributed by atoms with Crippen LogP contribution in [0.4, 0.5) is 0 Å². The number of carbonyl (C=O) groups is 1. The Balaban J connectivity index is 1.68. The van der Waals surface area contributed by atoms with Crippen molar-refractivity contribution in [1.82, 2.24) is 9.80 Å². The fraction of sp³-hybridized carbons (Fsp3) is 0.536. The van der Waals surface area contributed by atoms with Crippen LogP contribution in [0.25, 0.3) is 0 Å². The molecule has 0 bridgehead atoms. The molecule has 2 aromatic rings. The normalized spacial score (nSPS) is 24.6. The van der Waals surface area contributed by atoms with Crippen molar-refractivity contribution in [2.75, 3.05) is 67.5 Å². The Hall–Kier alpha value is -3.21. The molecule has 5 rings (SSSR count). The second kappa shape index (κ2) is 10.9. The smallest absolute Gasteiger partial charge is 0.231 e. The first kappa shape index (κ1) is 26.4. The maximum atomic E-state index is 14.3. The third-order valence-electron chi connectivity index (χ3n) is 8.13. The van der Waals surface area contributed by atoms with Gasteiger partial charge in [0.25, 0.3) is 0 Å². The van der Waals surface area contributed by atoms with Crippen LogP contribution in [0.1, 0.15) is 35.6 Å². The van der Waals surface area contributed by atoms with Crippen molar-refractivity contribution in [3.63, 3.8) is 0 Å². The Kier molecular flexibility index (Phi) is 7.56. The minimum Gasteiger partial charge on any atom is -0.493 e. The molecule has 3 aliphatic rings. The van der Waals surface area contributed by atoms with Crippen molar-refractivity contribution in [1.29, 1.82) is 0 Å². The summed E-state index contributed by atoms with van der Waals surface area (Å²) in [6.45, 7) is 5.51. The zero-order valence-electron chi connectivity index (χ0n) is 22.3. The molecule has 0 spiro atoms. The molecular weight excluding hydrogens is 492 g/mol. The second-order valence-corrected chi connectivity index (χ2v) is 9.85. The number of nitrogens with zero attached hydrogens (tertiary/aromatic N) is 2. The molecular formula is C28H36N2O8. The van der Waals surface area contributed by atoms with Crippen LogP contribution in [0.15, 0.2) is 24.3 Å². The van der Waals surface area contributed by atoms with Crippen LogP contribution < -0.4 is 23.7 Å². The summed E-state index contributed by atoms with van der Waals surface area (Å²) < 4.78 is 28.1. The van der Waals surface area contributed by atoms with Crippen molar-refractivity contribution >= 4 is 5.91 Å². The third-order valence-corrected chi connectivity index (χ3v) is 8.13. The topological polar surface area (TPSA) is 110 Å². The van der Waals surface area contributed by atoms with Gasteiger partial charge in [-0.05, 0) is 47.5 Å². The summed E-state index contributed by atoms with van der Waals surface area (Å²) in [5.41, 5.74) is 2.09. The number of hydrogen-bond acceptors (Lipinski definition) is 9. The van der Waals surface area contributed by atoms with E-state index in [2.05, 4.69) is 11.8 Å². The predicted molar refractivity (Wildman–Crippen MR) is 138 cm³/mol. The number of carbonyl (C=O) groups excluding carboxylic acids is 1. The molecule has 2 aromatic carbocycles. The van der Waals surface area contributed by atoms with Gasteiger partial charge in [0.2, 0.25) is 18.4 Å². The van der Waals surface area contributed by atoms with Crippen molar-refractivity contribution < 1.29 is 38.7 Å². The van der Waals surface area contributed by atoms with E-state index in [1.165, 1.54) is 7.11 Å². The average Bonchev–Trinajstić information content (AvgIpc) is 3.42. The Bertz CT molecular complexity index is 1150. The van der Waals surface area contributed by atoms with Crippen molar-refractivity contribution in [3.8, 4) is 28.7 Å². The molecule has 10 nitrogen and oxygen atoms in total. The Morgan fingerprint density at radius 2 is 1.55 bits per heavy atom. The van der Waals surface area contributed by atoms with Gasteiger partial charge in [-0.3, -0.25) is 4.79 Å². The van der Waals surface area contributed by atoms with E-state index in [9.17, 15) is 15.0 Å². The predicted octanol–water partition coefficient (Wildman–Crippen LogP) is 2.01. The highest BCUT2D eigenvalue weighted by Crippen LogP contribution is 2.54. The quantitative estimate of drug-likeness (QED) is 0.558. The SMILES string of the molecule is CCN1CCN(C(=O)C2C(c3cc(OC)c(OC)c(OC)c3)c3cc4c(cc3C(O)C2CO)OCO4)CC1. The van der Waals surface area contributed by atoms with Crippen LogP contribution in [-0.4, -0.2) is 93.4 Å². The molecule has 2 heterocycles. The highest BCUT2D eigenvalue weighted by molar-refractivity contribution is 5.82. The number of rotatable bonds is 7. The van der Waals surface area contributed by atoms with E-state index >= 15 is 0 Å². The Labute approximate surface area is 222 Å². The molecule has 0 saturated carbocycles. The standard InChI is InChI=1S/C28H36N2O8/c1-5-29-6-8-30(9-7-29)28(33)25-19(14-31)26(32)18-13-21-20(37-15-38-21)12-17(18)24(25)16-10-22(34-2)27(36-4)23(11-16)35-3/h10-13,19,24-26,31-32H,5-9,14-15H2,1-4H3. The number of methoxy groups -OCH3 is 3. The summed E-state index contributed by atoms with van der Waals surface area (Å²) in [5.74, 6) is 0.353. The number of likely N-dealkylation sites (N-methyl/N-ethyl adjacent to an activating group) is 1. The number of aliphatic hydroxyl groups is 2. The van der Waals surface area contributed by atoms with E-state index < -0.39 is 23.9 Å². The van der Waals surface area contributed by atoms with Crippen molar-refractivity contribution in [2.24, 2.45) is 11.8 Å². The molecule has 0 aromatic heterocycles. The molecule has 10 heteroatoms. The summed E-state index contributed by atoms with van der Waals surface area (Å²) in [6.07, 6.45) is -1.06. The van der Waals surface area contributed by atoms with E-state index in [0.29, 0.717) is 47.4 Å². The fourth-order valence-electron chi connectivity index (χ4n) is 6.07. The van der Waals surface area contributed by atoms with Crippen molar-refractivity contribution in [3.05, 3.63) is 41.0 Å². The van der Waals surface area contributed by atoms with Crippen LogP contribution in [-0.2, 0) is 4.79 Å².